The summed E-state index contributed by atoms with van der Waals surface area (Å²) in [5.41, 5.74) is 5.74. The molecular formula is C13H16ClFN2O. The minimum Gasteiger partial charge on any atom is -0.369 e. The molecule has 0 bridgehead atoms. The van der Waals surface area contributed by atoms with E-state index in [4.69, 9.17) is 17.3 Å². The zero-order chi connectivity index (χ0) is 13.1. The Hall–Kier alpha value is -1.13. The number of rotatable bonds is 4. The second-order valence-electron chi connectivity index (χ2n) is 4.64. The van der Waals surface area contributed by atoms with Gasteiger partial charge in [0.2, 0.25) is 5.91 Å². The van der Waals surface area contributed by atoms with Crippen LogP contribution in [0.4, 0.5) is 4.39 Å². The third-order valence-electron chi connectivity index (χ3n) is 3.36. The molecule has 1 amide bonds. The molecule has 1 aliphatic heterocycles. The number of carbonyl (C=O) groups is 1. The molecule has 0 aromatic heterocycles. The number of hydrogen-bond donors (Lipinski definition) is 1. The summed E-state index contributed by atoms with van der Waals surface area (Å²) in [7, 11) is 0. The summed E-state index contributed by atoms with van der Waals surface area (Å²) in [4.78, 5) is 13.0. The van der Waals surface area contributed by atoms with Crippen LogP contribution in [0.2, 0.25) is 5.02 Å². The number of nitrogens with two attached hydrogens (primary N) is 1. The molecular weight excluding hydrogens is 255 g/mol. The Labute approximate surface area is 111 Å². The van der Waals surface area contributed by atoms with E-state index in [1.807, 2.05) is 4.90 Å². The summed E-state index contributed by atoms with van der Waals surface area (Å²) in [5, 5.41) is 0.445. The van der Waals surface area contributed by atoms with Crippen molar-refractivity contribution in [2.45, 2.75) is 25.3 Å². The minimum atomic E-state index is -0.346. The van der Waals surface area contributed by atoms with Crippen LogP contribution >= 0.6 is 11.6 Å². The highest BCUT2D eigenvalue weighted by Crippen LogP contribution is 2.26. The molecule has 0 radical (unpaired) electrons. The molecule has 0 spiro atoms. The van der Waals surface area contributed by atoms with E-state index in [0.717, 1.165) is 19.4 Å². The Bertz CT molecular complexity index is 432. The number of nitrogens with zero attached hydrogens (tertiary/aromatic N) is 1. The Morgan fingerprint density at radius 3 is 3.00 bits per heavy atom. The van der Waals surface area contributed by atoms with Gasteiger partial charge in [-0.15, -0.1) is 0 Å². The van der Waals surface area contributed by atoms with Crippen LogP contribution in [0.25, 0.3) is 0 Å². The second kappa shape index (κ2) is 5.67. The lowest BCUT2D eigenvalue weighted by atomic mass is 10.0. The van der Waals surface area contributed by atoms with Crippen LogP contribution < -0.4 is 5.73 Å². The molecule has 1 saturated heterocycles. The topological polar surface area (TPSA) is 46.3 Å². The van der Waals surface area contributed by atoms with Gasteiger partial charge in [-0.25, -0.2) is 4.39 Å². The predicted octanol–water partition coefficient (Wildman–Crippen LogP) is 1.97. The SMILES string of the molecule is NC(=O)CN1CCC[C@H]1Cc1c(F)cccc1Cl. The van der Waals surface area contributed by atoms with Gasteiger partial charge in [-0.2, -0.15) is 0 Å². The molecule has 0 unspecified atom stereocenters. The van der Waals surface area contributed by atoms with Crippen molar-refractivity contribution in [2.75, 3.05) is 13.1 Å². The zero-order valence-electron chi connectivity index (χ0n) is 10.0. The monoisotopic (exact) mass is 270 g/mol. The van der Waals surface area contributed by atoms with E-state index in [1.54, 1.807) is 12.1 Å². The molecule has 1 fully saturated rings. The van der Waals surface area contributed by atoms with Gasteiger partial charge in [-0.1, -0.05) is 17.7 Å². The highest BCUT2D eigenvalue weighted by Gasteiger charge is 2.27. The maximum absolute atomic E-state index is 13.7. The molecule has 0 saturated carbocycles. The van der Waals surface area contributed by atoms with Crippen molar-refractivity contribution >= 4 is 17.5 Å². The number of carbonyl (C=O) groups excluding carboxylic acids is 1. The molecule has 18 heavy (non-hydrogen) atoms. The molecule has 1 atom stereocenters. The fourth-order valence-corrected chi connectivity index (χ4v) is 2.74. The van der Waals surface area contributed by atoms with E-state index in [0.29, 0.717) is 17.0 Å². The summed E-state index contributed by atoms with van der Waals surface area (Å²) in [5.74, 6) is -0.630. The van der Waals surface area contributed by atoms with E-state index in [2.05, 4.69) is 0 Å². The quantitative estimate of drug-likeness (QED) is 0.909. The van der Waals surface area contributed by atoms with Gasteiger partial charge in [-0.3, -0.25) is 9.69 Å². The first kappa shape index (κ1) is 13.3. The van der Waals surface area contributed by atoms with Crippen molar-refractivity contribution in [3.63, 3.8) is 0 Å². The van der Waals surface area contributed by atoms with Crippen LogP contribution in [0.3, 0.4) is 0 Å². The van der Waals surface area contributed by atoms with Gasteiger partial charge in [0.1, 0.15) is 5.82 Å². The van der Waals surface area contributed by atoms with Gasteiger partial charge in [-0.05, 0) is 37.9 Å². The van der Waals surface area contributed by atoms with E-state index >= 15 is 0 Å². The third kappa shape index (κ3) is 3.00. The molecule has 1 aliphatic rings. The van der Waals surface area contributed by atoms with Crippen LogP contribution in [0, 0.1) is 5.82 Å². The Kier molecular flexibility index (Phi) is 4.19. The van der Waals surface area contributed by atoms with Crippen molar-refractivity contribution in [1.29, 1.82) is 0 Å². The highest BCUT2D eigenvalue weighted by molar-refractivity contribution is 6.31. The van der Waals surface area contributed by atoms with E-state index in [9.17, 15) is 9.18 Å². The summed E-state index contributed by atoms with van der Waals surface area (Å²) in [6.45, 7) is 1.07. The van der Waals surface area contributed by atoms with Crippen molar-refractivity contribution in [2.24, 2.45) is 5.73 Å². The Morgan fingerprint density at radius 2 is 2.33 bits per heavy atom. The Balaban J connectivity index is 2.10. The van der Waals surface area contributed by atoms with Crippen LogP contribution in [0.15, 0.2) is 18.2 Å². The lowest BCUT2D eigenvalue weighted by molar-refractivity contribution is -0.119. The van der Waals surface area contributed by atoms with Crippen molar-refractivity contribution in [3.8, 4) is 0 Å². The maximum Gasteiger partial charge on any atom is 0.231 e. The van der Waals surface area contributed by atoms with E-state index in [-0.39, 0.29) is 24.3 Å². The smallest absolute Gasteiger partial charge is 0.231 e. The first-order valence-corrected chi connectivity index (χ1v) is 6.41. The molecule has 2 N–H and O–H groups in total. The summed E-state index contributed by atoms with van der Waals surface area (Å²) in [6, 6.07) is 4.84. The highest BCUT2D eigenvalue weighted by atomic mass is 35.5. The van der Waals surface area contributed by atoms with Crippen LogP contribution in [0.1, 0.15) is 18.4 Å². The second-order valence-corrected chi connectivity index (χ2v) is 5.04. The lowest BCUT2D eigenvalue weighted by Crippen LogP contribution is -2.38. The van der Waals surface area contributed by atoms with Gasteiger partial charge >= 0.3 is 0 Å². The molecule has 1 aromatic rings. The first-order chi connectivity index (χ1) is 8.58. The Morgan fingerprint density at radius 1 is 1.56 bits per heavy atom. The number of halogens is 2. The van der Waals surface area contributed by atoms with E-state index < -0.39 is 0 Å². The standard InChI is InChI=1S/C13H16ClFN2O/c14-11-4-1-5-12(15)10(11)7-9-3-2-6-17(9)8-13(16)18/h1,4-5,9H,2-3,6-8H2,(H2,16,18)/t9-/m0/s1. The third-order valence-corrected chi connectivity index (χ3v) is 3.71. The van der Waals surface area contributed by atoms with Gasteiger partial charge < -0.3 is 5.73 Å². The average molecular weight is 271 g/mol. The van der Waals surface area contributed by atoms with Crippen LogP contribution in [-0.2, 0) is 11.2 Å². The van der Waals surface area contributed by atoms with Gasteiger partial charge in [0.25, 0.3) is 0 Å². The average Bonchev–Trinajstić information content (AvgIpc) is 2.70. The van der Waals surface area contributed by atoms with Crippen molar-refractivity contribution in [1.82, 2.24) is 4.90 Å². The lowest BCUT2D eigenvalue weighted by Gasteiger charge is -2.23. The predicted molar refractivity (Wildman–Crippen MR) is 68.9 cm³/mol. The van der Waals surface area contributed by atoms with Crippen LogP contribution in [-0.4, -0.2) is 29.9 Å². The molecule has 1 aromatic carbocycles. The van der Waals surface area contributed by atoms with Gasteiger partial charge in [0, 0.05) is 16.6 Å². The van der Waals surface area contributed by atoms with Gasteiger partial charge in [0.05, 0.1) is 6.54 Å². The number of primary amides is 1. The molecule has 0 aliphatic carbocycles. The molecule has 3 nitrogen and oxygen atoms in total. The fraction of sp³-hybridized carbons (Fsp3) is 0.462. The summed E-state index contributed by atoms with van der Waals surface area (Å²) in [6.07, 6.45) is 2.47. The van der Waals surface area contributed by atoms with E-state index in [1.165, 1.54) is 6.07 Å². The van der Waals surface area contributed by atoms with Crippen LogP contribution in [0.5, 0.6) is 0 Å². The van der Waals surface area contributed by atoms with Crippen molar-refractivity contribution < 1.29 is 9.18 Å². The number of benzene rings is 1. The number of likely N-dealkylation sites (tertiary alicyclic amines) is 1. The number of hydrogen-bond acceptors (Lipinski definition) is 2. The fourth-order valence-electron chi connectivity index (χ4n) is 2.50. The molecule has 1 heterocycles. The normalized spacial score (nSPS) is 20.2. The molecule has 5 heteroatoms. The maximum atomic E-state index is 13.7. The zero-order valence-corrected chi connectivity index (χ0v) is 10.8. The first-order valence-electron chi connectivity index (χ1n) is 6.03. The number of amides is 1. The molecule has 98 valence electrons. The van der Waals surface area contributed by atoms with Crippen molar-refractivity contribution in [3.05, 3.63) is 34.6 Å². The minimum absolute atomic E-state index is 0.145. The summed E-state index contributed by atoms with van der Waals surface area (Å²) < 4.78 is 13.7. The van der Waals surface area contributed by atoms with Gasteiger partial charge in [0.15, 0.2) is 0 Å². The molecule has 2 rings (SSSR count). The largest absolute Gasteiger partial charge is 0.369 e. The summed E-state index contributed by atoms with van der Waals surface area (Å²) >= 11 is 6.01.